The van der Waals surface area contributed by atoms with Gasteiger partial charge in [-0.25, -0.2) is 9.97 Å². The Morgan fingerprint density at radius 3 is 1.76 bits per heavy atom. The van der Waals surface area contributed by atoms with Crippen LogP contribution < -0.4 is 22.6 Å². The van der Waals surface area contributed by atoms with Crippen molar-refractivity contribution in [2.24, 2.45) is 0 Å². The Bertz CT molecular complexity index is 1700. The first kappa shape index (κ1) is 32.1. The molecule has 4 rings (SSSR count). The minimum atomic E-state index is -3.34. The number of rotatable bonds is 11. The largest absolute Gasteiger partial charge is 0.394 e. The van der Waals surface area contributed by atoms with Gasteiger partial charge in [-0.2, -0.15) is 9.97 Å². The topological polar surface area (TPSA) is 292 Å². The summed E-state index contributed by atoms with van der Waals surface area (Å²) in [6.45, 7) is 4.23. The first-order valence-electron chi connectivity index (χ1n) is 11.9. The summed E-state index contributed by atoms with van der Waals surface area (Å²) in [7, 11) is -6.55. The molecule has 226 valence electrons. The zero-order valence-corrected chi connectivity index (χ0v) is 24.2. The quantitative estimate of drug-likeness (QED) is 0.0982. The molecule has 4 aromatic rings. The lowest BCUT2D eigenvalue weighted by atomic mass is 10.3. The fraction of sp³-hybridized carbons (Fsp3) is 0.500. The van der Waals surface area contributed by atoms with Crippen molar-refractivity contribution in [1.82, 2.24) is 39.0 Å². The number of imidazole rings is 2. The number of aliphatic hydroxyl groups excluding tert-OH is 1. The van der Waals surface area contributed by atoms with E-state index in [4.69, 9.17) is 20.9 Å². The summed E-state index contributed by atoms with van der Waals surface area (Å²) >= 11 is 0. The number of aromatic nitrogens is 8. The molecule has 0 bridgehead atoms. The molecule has 0 saturated carbocycles. The van der Waals surface area contributed by atoms with Gasteiger partial charge in [0.1, 0.15) is 12.7 Å². The van der Waals surface area contributed by atoms with Crippen molar-refractivity contribution in [3.63, 3.8) is 0 Å². The highest BCUT2D eigenvalue weighted by Gasteiger charge is 2.18. The molecule has 2 unspecified atom stereocenters. The van der Waals surface area contributed by atoms with Crippen LogP contribution in [0.4, 0.5) is 11.9 Å². The van der Waals surface area contributed by atoms with Crippen molar-refractivity contribution in [3.8, 4) is 0 Å². The van der Waals surface area contributed by atoms with Crippen LogP contribution in [0.25, 0.3) is 22.3 Å². The minimum absolute atomic E-state index is 0.00578. The maximum atomic E-state index is 11.6. The van der Waals surface area contributed by atoms with E-state index in [-0.39, 0.29) is 60.5 Å². The molecule has 4 aromatic heterocycles. The van der Waals surface area contributed by atoms with Gasteiger partial charge in [0.25, 0.3) is 11.1 Å². The molecular weight excluding hydrogens is 586 g/mol. The molecule has 0 saturated heterocycles. The van der Waals surface area contributed by atoms with Crippen molar-refractivity contribution in [3.05, 3.63) is 33.4 Å². The van der Waals surface area contributed by atoms with Crippen LogP contribution >= 0.6 is 14.7 Å². The Labute approximate surface area is 231 Å². The number of anilines is 2. The molecule has 0 aliphatic heterocycles. The molecule has 0 amide bonds. The number of aromatic amines is 2. The Hall–Kier alpha value is -3.44. The Balaban J connectivity index is 0.000000226. The third kappa shape index (κ3) is 9.29. The summed E-state index contributed by atoms with van der Waals surface area (Å²) in [5.41, 5.74) is 11.0. The number of hydrogen-bond donors (Lipinski definition) is 7. The van der Waals surface area contributed by atoms with Gasteiger partial charge in [-0.05, 0) is 6.92 Å². The molecule has 0 aliphatic rings. The first-order valence-corrected chi connectivity index (χ1v) is 16.5. The zero-order valence-electron chi connectivity index (χ0n) is 22.4. The second kappa shape index (κ2) is 13.0. The van der Waals surface area contributed by atoms with Crippen LogP contribution in [-0.2, 0) is 31.7 Å². The van der Waals surface area contributed by atoms with Crippen LogP contribution in [0.2, 0.25) is 0 Å². The second-order valence-electron chi connectivity index (χ2n) is 9.35. The summed E-state index contributed by atoms with van der Waals surface area (Å²) in [5, 5.41) is 9.26. The summed E-state index contributed by atoms with van der Waals surface area (Å²) in [5.74, 6) is -0.0460. The smallest absolute Gasteiger partial charge is 0.280 e. The molecule has 0 spiro atoms. The molecule has 4 heterocycles. The fourth-order valence-electron chi connectivity index (χ4n) is 3.43. The normalized spacial score (nSPS) is 16.0. The number of aliphatic hydroxyl groups is 1. The van der Waals surface area contributed by atoms with Gasteiger partial charge >= 0.3 is 0 Å². The molecule has 41 heavy (non-hydrogen) atoms. The van der Waals surface area contributed by atoms with Crippen molar-refractivity contribution in [1.29, 1.82) is 0 Å². The number of H-pyrrole nitrogens is 2. The highest BCUT2D eigenvalue weighted by molar-refractivity contribution is 7.57. The molecular formula is C20H32N10O9P2. The summed E-state index contributed by atoms with van der Waals surface area (Å²) in [6, 6.07) is 0. The molecule has 0 aliphatic carbocycles. The number of nitrogens with one attached hydrogen (secondary N) is 2. The number of ether oxygens (including phenoxy) is 2. The van der Waals surface area contributed by atoms with Gasteiger partial charge in [-0.15, -0.1) is 0 Å². The average molecular weight is 618 g/mol. The van der Waals surface area contributed by atoms with E-state index in [1.165, 1.54) is 23.9 Å². The summed E-state index contributed by atoms with van der Waals surface area (Å²) in [4.78, 5) is 62.1. The predicted octanol–water partition coefficient (Wildman–Crippen LogP) is -1.10. The van der Waals surface area contributed by atoms with Crippen LogP contribution in [0.3, 0.4) is 0 Å². The van der Waals surface area contributed by atoms with E-state index < -0.39 is 32.0 Å². The Morgan fingerprint density at radius 2 is 1.32 bits per heavy atom. The van der Waals surface area contributed by atoms with Crippen LogP contribution in [0.5, 0.6) is 0 Å². The van der Waals surface area contributed by atoms with Gasteiger partial charge < -0.3 is 45.0 Å². The number of nitrogens with zero attached hydrogens (tertiary/aromatic N) is 6. The van der Waals surface area contributed by atoms with Crippen molar-refractivity contribution in [2.45, 2.75) is 32.2 Å². The minimum Gasteiger partial charge on any atom is -0.394 e. The predicted molar refractivity (Wildman–Crippen MR) is 149 cm³/mol. The lowest BCUT2D eigenvalue weighted by Gasteiger charge is -2.17. The molecule has 0 aromatic carbocycles. The SMILES string of the molecule is CP(=O)(O)CO[C@H](CO)Cn1cnc2c(=O)[nH]c(N)nc21.C[C@H](Cn1cnc2c(=O)[nH]c(N)nc21)OCP(C)(=O)O. The number of hydrogen-bond acceptors (Lipinski definition) is 13. The lowest BCUT2D eigenvalue weighted by molar-refractivity contribution is 0.0239. The number of nitrogens with two attached hydrogens (primary N) is 2. The van der Waals surface area contributed by atoms with Gasteiger partial charge in [-0.3, -0.25) is 28.7 Å². The highest BCUT2D eigenvalue weighted by atomic mass is 31.2. The van der Waals surface area contributed by atoms with Crippen LogP contribution in [0, 0.1) is 0 Å². The third-order valence-electron chi connectivity index (χ3n) is 5.19. The van der Waals surface area contributed by atoms with Crippen LogP contribution in [0.1, 0.15) is 6.92 Å². The van der Waals surface area contributed by atoms with Gasteiger partial charge in [-0.1, -0.05) is 0 Å². The average Bonchev–Trinajstić information content (AvgIpc) is 3.44. The standard InChI is InChI=1S/C10H16N5O5P.C10H16N5O4P/c1-21(18,19)5-20-6(3-16)2-15-4-12-7-8(15)13-10(11)14-9(7)17;1-6(19-5-20(2,17)18)3-15-4-12-7-8(15)13-10(11)14-9(7)16/h4,6,16H,2-3,5H2,1H3,(H,18,19)(H3,11,13,14,17);4,6H,3,5H2,1-2H3,(H,17,18)(H3,11,13,14,16)/t2*6-/m01/s1. The summed E-state index contributed by atoms with van der Waals surface area (Å²) in [6.07, 6.45) is 1.15. The van der Waals surface area contributed by atoms with Gasteiger partial charge in [0, 0.05) is 13.3 Å². The van der Waals surface area contributed by atoms with E-state index >= 15 is 0 Å². The molecule has 0 radical (unpaired) electrons. The monoisotopic (exact) mass is 618 g/mol. The maximum Gasteiger partial charge on any atom is 0.280 e. The lowest BCUT2D eigenvalue weighted by Crippen LogP contribution is -2.24. The van der Waals surface area contributed by atoms with Crippen LogP contribution in [-0.4, -0.2) is 98.8 Å². The number of fused-ring (bicyclic) bond motifs is 2. The van der Waals surface area contributed by atoms with E-state index in [1.807, 2.05) is 0 Å². The molecule has 21 heteroatoms. The fourth-order valence-corrected chi connectivity index (χ4v) is 4.45. The van der Waals surface area contributed by atoms with E-state index in [0.29, 0.717) is 12.2 Å². The van der Waals surface area contributed by atoms with Crippen molar-refractivity contribution >= 4 is 49.0 Å². The van der Waals surface area contributed by atoms with Gasteiger partial charge in [0.2, 0.25) is 26.6 Å². The highest BCUT2D eigenvalue weighted by Crippen LogP contribution is 2.35. The van der Waals surface area contributed by atoms with Crippen molar-refractivity contribution < 1.29 is 33.5 Å². The van der Waals surface area contributed by atoms with Crippen molar-refractivity contribution in [2.75, 3.05) is 44.1 Å². The molecule has 0 fully saturated rings. The molecule has 4 atom stereocenters. The van der Waals surface area contributed by atoms with E-state index in [1.54, 1.807) is 11.5 Å². The second-order valence-corrected chi connectivity index (χ2v) is 14.1. The van der Waals surface area contributed by atoms with Crippen LogP contribution in [0.15, 0.2) is 22.2 Å². The number of nitrogen functional groups attached to an aromatic ring is 2. The maximum absolute atomic E-state index is 11.6. The van der Waals surface area contributed by atoms with Gasteiger partial charge in [0.05, 0.1) is 44.6 Å². The van der Waals surface area contributed by atoms with E-state index in [0.717, 1.165) is 6.66 Å². The third-order valence-corrected chi connectivity index (χ3v) is 6.45. The van der Waals surface area contributed by atoms with Gasteiger partial charge in [0.15, 0.2) is 22.3 Å². The molecule has 9 N–H and O–H groups in total. The Kier molecular flexibility index (Phi) is 10.2. The first-order chi connectivity index (χ1) is 19.1. The summed E-state index contributed by atoms with van der Waals surface area (Å²) < 4.78 is 35.9. The zero-order chi connectivity index (χ0) is 30.5. The van der Waals surface area contributed by atoms with E-state index in [9.17, 15) is 33.6 Å². The molecule has 19 nitrogen and oxygen atoms in total. The van der Waals surface area contributed by atoms with E-state index in [2.05, 4.69) is 29.9 Å². The Morgan fingerprint density at radius 1 is 0.878 bits per heavy atom.